The predicted molar refractivity (Wildman–Crippen MR) is 95.7 cm³/mol. The first-order valence-electron chi connectivity index (χ1n) is 6.50. The minimum absolute atomic E-state index is 0. The predicted octanol–water partition coefficient (Wildman–Crippen LogP) is 3.04. The third kappa shape index (κ3) is 5.02. The largest absolute Gasteiger partial charge is 0.398 e. The first kappa shape index (κ1) is 20.5. The summed E-state index contributed by atoms with van der Waals surface area (Å²) in [6, 6.07) is 6.00. The zero-order valence-corrected chi connectivity index (χ0v) is 15.4. The second-order valence-electron chi connectivity index (χ2n) is 5.22. The van der Waals surface area contributed by atoms with Gasteiger partial charge in [0.15, 0.2) is 0 Å². The van der Waals surface area contributed by atoms with Crippen LogP contribution in [0.4, 0.5) is 5.69 Å². The van der Waals surface area contributed by atoms with Crippen LogP contribution in [0.5, 0.6) is 0 Å². The van der Waals surface area contributed by atoms with E-state index in [1.165, 1.54) is 0 Å². The maximum Gasteiger partial charge on any atom is 0.255 e. The molecule has 1 aromatic carbocycles. The Hall–Kier alpha value is -0.490. The molecule has 0 radical (unpaired) electrons. The van der Waals surface area contributed by atoms with Gasteiger partial charge in [-0.05, 0) is 45.1 Å². The summed E-state index contributed by atoms with van der Waals surface area (Å²) >= 11 is 3.35. The quantitative estimate of drug-likeness (QED) is 0.779. The Labute approximate surface area is 147 Å². The molecule has 0 spiro atoms. The lowest BCUT2D eigenvalue weighted by Crippen LogP contribution is -2.44. The summed E-state index contributed by atoms with van der Waals surface area (Å²) in [4.78, 5) is 16.6. The number of amides is 1. The van der Waals surface area contributed by atoms with Crippen LogP contribution in [-0.2, 0) is 0 Å². The molecule has 0 saturated carbocycles. The molecule has 1 aromatic rings. The Morgan fingerprint density at radius 2 is 1.86 bits per heavy atom. The van der Waals surface area contributed by atoms with Gasteiger partial charge >= 0.3 is 0 Å². The molecule has 7 heteroatoms. The summed E-state index contributed by atoms with van der Waals surface area (Å²) in [5, 5.41) is 0. The van der Waals surface area contributed by atoms with Crippen molar-refractivity contribution in [2.45, 2.75) is 18.9 Å². The molecule has 1 amide bonds. The summed E-state index contributed by atoms with van der Waals surface area (Å²) in [7, 11) is 4.18. The van der Waals surface area contributed by atoms with Crippen molar-refractivity contribution in [1.29, 1.82) is 0 Å². The van der Waals surface area contributed by atoms with E-state index in [1.54, 1.807) is 12.1 Å². The van der Waals surface area contributed by atoms with E-state index in [0.29, 0.717) is 17.3 Å². The van der Waals surface area contributed by atoms with E-state index in [1.807, 2.05) is 11.0 Å². The molecule has 0 bridgehead atoms. The van der Waals surface area contributed by atoms with Crippen molar-refractivity contribution in [2.75, 3.05) is 32.9 Å². The fraction of sp³-hybridized carbons (Fsp3) is 0.500. The number of halogens is 3. The van der Waals surface area contributed by atoms with Crippen LogP contribution < -0.4 is 5.73 Å². The maximum atomic E-state index is 12.4. The highest BCUT2D eigenvalue weighted by atomic mass is 79.9. The molecule has 2 N–H and O–H groups in total. The van der Waals surface area contributed by atoms with Gasteiger partial charge < -0.3 is 15.5 Å². The average molecular weight is 399 g/mol. The summed E-state index contributed by atoms with van der Waals surface area (Å²) in [5.41, 5.74) is 7.06. The number of carbonyl (C=O) groups excluding carboxylic acids is 1. The normalized spacial score (nSPS) is 15.3. The van der Waals surface area contributed by atoms with E-state index >= 15 is 0 Å². The van der Waals surface area contributed by atoms with E-state index in [2.05, 4.69) is 34.9 Å². The highest BCUT2D eigenvalue weighted by Gasteiger charge is 2.25. The van der Waals surface area contributed by atoms with Gasteiger partial charge in [-0.25, -0.2) is 0 Å². The molecular formula is C14H22BrCl2N3O. The van der Waals surface area contributed by atoms with E-state index in [-0.39, 0.29) is 30.7 Å². The number of rotatable bonds is 2. The van der Waals surface area contributed by atoms with Crippen LogP contribution >= 0.6 is 40.7 Å². The highest BCUT2D eigenvalue weighted by molar-refractivity contribution is 9.10. The van der Waals surface area contributed by atoms with E-state index in [0.717, 1.165) is 30.4 Å². The number of hydrogen-bond acceptors (Lipinski definition) is 3. The van der Waals surface area contributed by atoms with E-state index in [4.69, 9.17) is 5.73 Å². The minimum atomic E-state index is 0. The van der Waals surface area contributed by atoms with Gasteiger partial charge in [0.2, 0.25) is 0 Å². The molecule has 0 unspecified atom stereocenters. The maximum absolute atomic E-state index is 12.4. The Bertz CT molecular complexity index is 477. The van der Waals surface area contributed by atoms with Crippen molar-refractivity contribution >= 4 is 52.3 Å². The van der Waals surface area contributed by atoms with Crippen LogP contribution in [0.1, 0.15) is 23.2 Å². The van der Waals surface area contributed by atoms with Crippen LogP contribution in [0.25, 0.3) is 0 Å². The SMILES string of the molecule is CN(C)C1CCN(C(=O)c2ccc(Br)cc2N)CC1.Cl.Cl. The lowest BCUT2D eigenvalue weighted by atomic mass is 10.0. The van der Waals surface area contributed by atoms with Crippen LogP contribution in [0.3, 0.4) is 0 Å². The Morgan fingerprint density at radius 1 is 1.29 bits per heavy atom. The third-order valence-corrected chi connectivity index (χ3v) is 4.22. The molecule has 1 heterocycles. The molecule has 120 valence electrons. The number of anilines is 1. The topological polar surface area (TPSA) is 49.6 Å². The molecule has 1 aliphatic heterocycles. The van der Waals surface area contributed by atoms with Gasteiger partial charge in [0, 0.05) is 29.3 Å². The molecule has 0 atom stereocenters. The molecular weight excluding hydrogens is 377 g/mol. The van der Waals surface area contributed by atoms with Gasteiger partial charge in [0.05, 0.1) is 5.56 Å². The van der Waals surface area contributed by atoms with Gasteiger partial charge in [-0.15, -0.1) is 24.8 Å². The fourth-order valence-electron chi connectivity index (χ4n) is 2.48. The Balaban J connectivity index is 0.00000200. The third-order valence-electron chi connectivity index (χ3n) is 3.73. The zero-order chi connectivity index (χ0) is 14.0. The van der Waals surface area contributed by atoms with Gasteiger partial charge in [-0.3, -0.25) is 4.79 Å². The number of piperidine rings is 1. The van der Waals surface area contributed by atoms with Crippen molar-refractivity contribution in [3.05, 3.63) is 28.2 Å². The monoisotopic (exact) mass is 397 g/mol. The summed E-state index contributed by atoms with van der Waals surface area (Å²) in [6.07, 6.45) is 2.05. The van der Waals surface area contributed by atoms with E-state index in [9.17, 15) is 4.79 Å². The lowest BCUT2D eigenvalue weighted by molar-refractivity contribution is 0.0664. The first-order valence-corrected chi connectivity index (χ1v) is 7.29. The number of hydrogen-bond donors (Lipinski definition) is 1. The molecule has 1 saturated heterocycles. The summed E-state index contributed by atoms with van der Waals surface area (Å²) in [5.74, 6) is 0.0437. The van der Waals surface area contributed by atoms with Crippen molar-refractivity contribution < 1.29 is 4.79 Å². The Kier molecular flexibility index (Phi) is 8.63. The Morgan fingerprint density at radius 3 is 2.33 bits per heavy atom. The molecule has 2 rings (SSSR count). The summed E-state index contributed by atoms with van der Waals surface area (Å²) < 4.78 is 0.896. The fourth-order valence-corrected chi connectivity index (χ4v) is 2.86. The first-order chi connectivity index (χ1) is 8.99. The van der Waals surface area contributed by atoms with Gasteiger partial charge in [0.1, 0.15) is 0 Å². The van der Waals surface area contributed by atoms with Gasteiger partial charge in [0.25, 0.3) is 5.91 Å². The number of benzene rings is 1. The number of carbonyl (C=O) groups is 1. The molecule has 1 aliphatic rings. The number of nitrogen functional groups attached to an aromatic ring is 1. The molecule has 0 aliphatic carbocycles. The zero-order valence-electron chi connectivity index (χ0n) is 12.2. The average Bonchev–Trinajstić information content (AvgIpc) is 2.38. The number of nitrogens with zero attached hydrogens (tertiary/aromatic N) is 2. The molecule has 0 aromatic heterocycles. The number of likely N-dealkylation sites (tertiary alicyclic amines) is 1. The van der Waals surface area contributed by atoms with E-state index < -0.39 is 0 Å². The molecule has 4 nitrogen and oxygen atoms in total. The number of nitrogens with two attached hydrogens (primary N) is 1. The van der Waals surface area contributed by atoms with Crippen LogP contribution in [0.2, 0.25) is 0 Å². The second-order valence-corrected chi connectivity index (χ2v) is 6.13. The van der Waals surface area contributed by atoms with Crippen molar-refractivity contribution in [1.82, 2.24) is 9.80 Å². The van der Waals surface area contributed by atoms with Crippen LogP contribution in [-0.4, -0.2) is 48.9 Å². The molecule has 21 heavy (non-hydrogen) atoms. The molecule has 1 fully saturated rings. The van der Waals surface area contributed by atoms with Crippen molar-refractivity contribution in [3.8, 4) is 0 Å². The van der Waals surface area contributed by atoms with Crippen molar-refractivity contribution in [3.63, 3.8) is 0 Å². The van der Waals surface area contributed by atoms with Crippen molar-refractivity contribution in [2.24, 2.45) is 0 Å². The second kappa shape index (κ2) is 8.83. The smallest absolute Gasteiger partial charge is 0.255 e. The highest BCUT2D eigenvalue weighted by Crippen LogP contribution is 2.22. The lowest BCUT2D eigenvalue weighted by Gasteiger charge is -2.35. The van der Waals surface area contributed by atoms with Gasteiger partial charge in [-0.1, -0.05) is 15.9 Å². The van der Waals surface area contributed by atoms with Crippen LogP contribution in [0.15, 0.2) is 22.7 Å². The van der Waals surface area contributed by atoms with Crippen LogP contribution in [0, 0.1) is 0 Å². The standard InChI is InChI=1S/C14H20BrN3O.2ClH/c1-17(2)11-5-7-18(8-6-11)14(19)12-4-3-10(15)9-13(12)16;;/h3-4,9,11H,5-8,16H2,1-2H3;2*1H. The summed E-state index contributed by atoms with van der Waals surface area (Å²) in [6.45, 7) is 1.61. The van der Waals surface area contributed by atoms with Gasteiger partial charge in [-0.2, -0.15) is 0 Å². The minimum Gasteiger partial charge on any atom is -0.398 e.